The number of sulfonamides is 1. The van der Waals surface area contributed by atoms with Gasteiger partial charge in [0.05, 0.1) is 29.2 Å². The highest BCUT2D eigenvalue weighted by molar-refractivity contribution is 7.89. The molecule has 1 fully saturated rings. The SMILES string of the molecule is CCn1nncc1S(=O)(=O)N1CCC2=Cc3c(cnn3-c3ccc(F)cc3)C[C@]2(C(=O)c2ccccn2)C1. The van der Waals surface area contributed by atoms with Crippen LogP contribution in [0.4, 0.5) is 4.39 Å². The standard InChI is InChI=1S/C26H24FN7O3S/c1-2-33-24(16-29-31-33)38(36,37)32-12-10-19-13-23-18(15-30-34(23)21-8-6-20(27)7-9-21)14-26(19,17-32)25(35)22-5-3-4-11-28-22/h3-9,11,13,15-16H,2,10,12,14,17H2,1H3/t26-/m0/s1. The van der Waals surface area contributed by atoms with Crippen LogP contribution in [0, 0.1) is 11.2 Å². The first-order valence-electron chi connectivity index (χ1n) is 12.2. The zero-order valence-corrected chi connectivity index (χ0v) is 21.3. The number of carbonyl (C=O) groups is 1. The number of ketones is 1. The van der Waals surface area contributed by atoms with Crippen LogP contribution in [0.1, 0.15) is 35.1 Å². The topological polar surface area (TPSA) is 116 Å². The third-order valence-corrected chi connectivity index (χ3v) is 9.11. The zero-order valence-electron chi connectivity index (χ0n) is 20.5. The van der Waals surface area contributed by atoms with Crippen LogP contribution in [0.25, 0.3) is 11.8 Å². The maximum absolute atomic E-state index is 14.1. The highest BCUT2D eigenvalue weighted by Gasteiger charge is 2.51. The molecule has 3 aromatic heterocycles. The van der Waals surface area contributed by atoms with E-state index in [4.69, 9.17) is 0 Å². The molecule has 0 unspecified atom stereocenters. The molecule has 1 saturated heterocycles. The monoisotopic (exact) mass is 533 g/mol. The van der Waals surface area contributed by atoms with E-state index in [1.807, 2.05) is 6.08 Å². The second-order valence-corrected chi connectivity index (χ2v) is 11.3. The van der Waals surface area contributed by atoms with Crippen molar-refractivity contribution in [2.24, 2.45) is 5.41 Å². The largest absolute Gasteiger partial charge is 0.291 e. The van der Waals surface area contributed by atoms with Crippen LogP contribution in [-0.2, 0) is 23.0 Å². The fraction of sp³-hybridized carbons (Fsp3) is 0.269. The molecule has 4 aromatic rings. The number of hydrogen-bond donors (Lipinski definition) is 0. The molecule has 1 aromatic carbocycles. The summed E-state index contributed by atoms with van der Waals surface area (Å²) in [5, 5.41) is 12.2. The molecular formula is C26H24FN7O3S. The van der Waals surface area contributed by atoms with Gasteiger partial charge >= 0.3 is 0 Å². The minimum Gasteiger partial charge on any atom is -0.291 e. The minimum atomic E-state index is -3.97. The van der Waals surface area contributed by atoms with Gasteiger partial charge in [-0.15, -0.1) is 5.10 Å². The lowest BCUT2D eigenvalue weighted by molar-refractivity contribution is 0.0770. The lowest BCUT2D eigenvalue weighted by Crippen LogP contribution is -2.53. The molecule has 0 N–H and O–H groups in total. The van der Waals surface area contributed by atoms with E-state index in [-0.39, 0.29) is 41.8 Å². The fourth-order valence-electron chi connectivity index (χ4n) is 5.35. The lowest BCUT2D eigenvalue weighted by Gasteiger charge is -2.44. The van der Waals surface area contributed by atoms with Gasteiger partial charge in [-0.2, -0.15) is 9.40 Å². The zero-order chi connectivity index (χ0) is 26.5. The van der Waals surface area contributed by atoms with Crippen molar-refractivity contribution < 1.29 is 17.6 Å². The number of piperidine rings is 1. The molecule has 194 valence electrons. The van der Waals surface area contributed by atoms with Crippen molar-refractivity contribution in [2.75, 3.05) is 13.1 Å². The van der Waals surface area contributed by atoms with E-state index in [9.17, 15) is 17.6 Å². The Morgan fingerprint density at radius 1 is 1.13 bits per heavy atom. The van der Waals surface area contributed by atoms with E-state index in [1.54, 1.807) is 54.3 Å². The van der Waals surface area contributed by atoms with Gasteiger partial charge in [-0.05, 0) is 67.8 Å². The summed E-state index contributed by atoms with van der Waals surface area (Å²) in [5.41, 5.74) is 2.20. The highest BCUT2D eigenvalue weighted by atomic mass is 32.2. The summed E-state index contributed by atoms with van der Waals surface area (Å²) in [6.07, 6.45) is 7.00. The average molecular weight is 534 g/mol. The van der Waals surface area contributed by atoms with Gasteiger partial charge in [0.15, 0.2) is 10.8 Å². The number of aryl methyl sites for hydroxylation is 1. The molecule has 12 heteroatoms. The Hall–Kier alpha value is -4.03. The number of pyridine rings is 1. The summed E-state index contributed by atoms with van der Waals surface area (Å²) in [5.74, 6) is -0.590. The Morgan fingerprint density at radius 3 is 2.68 bits per heavy atom. The molecule has 1 aliphatic heterocycles. The predicted octanol–water partition coefficient (Wildman–Crippen LogP) is 2.92. The van der Waals surface area contributed by atoms with Crippen LogP contribution in [0.15, 0.2) is 71.7 Å². The Labute approximate surface area is 218 Å². The van der Waals surface area contributed by atoms with E-state index in [0.717, 1.165) is 16.8 Å². The first-order chi connectivity index (χ1) is 18.3. The number of aromatic nitrogens is 6. The van der Waals surface area contributed by atoms with Crippen LogP contribution in [0.3, 0.4) is 0 Å². The maximum Gasteiger partial charge on any atom is 0.261 e. The minimum absolute atomic E-state index is 0.00603. The molecule has 0 amide bonds. The van der Waals surface area contributed by atoms with Crippen molar-refractivity contribution in [1.82, 2.24) is 34.1 Å². The van der Waals surface area contributed by atoms with Gasteiger partial charge in [0.25, 0.3) is 10.0 Å². The van der Waals surface area contributed by atoms with Crippen molar-refractivity contribution in [3.8, 4) is 5.69 Å². The Kier molecular flexibility index (Phi) is 5.80. The van der Waals surface area contributed by atoms with E-state index in [0.29, 0.717) is 18.7 Å². The smallest absolute Gasteiger partial charge is 0.261 e. The normalized spacial score (nSPS) is 19.5. The number of rotatable bonds is 6. The van der Waals surface area contributed by atoms with Crippen LogP contribution >= 0.6 is 0 Å². The van der Waals surface area contributed by atoms with Crippen LogP contribution < -0.4 is 0 Å². The van der Waals surface area contributed by atoms with Crippen molar-refractivity contribution >= 4 is 21.9 Å². The van der Waals surface area contributed by atoms with Gasteiger partial charge in [-0.25, -0.2) is 22.2 Å². The maximum atomic E-state index is 14.1. The average Bonchev–Trinajstić information content (AvgIpc) is 3.59. The molecule has 4 heterocycles. The number of halogens is 1. The molecule has 1 aliphatic carbocycles. The van der Waals surface area contributed by atoms with Gasteiger partial charge in [-0.1, -0.05) is 16.9 Å². The summed E-state index contributed by atoms with van der Waals surface area (Å²) in [4.78, 5) is 18.4. The molecule has 38 heavy (non-hydrogen) atoms. The molecule has 2 aliphatic rings. The third kappa shape index (κ3) is 3.79. The van der Waals surface area contributed by atoms with Crippen molar-refractivity contribution in [3.63, 3.8) is 0 Å². The van der Waals surface area contributed by atoms with Gasteiger partial charge in [0, 0.05) is 25.8 Å². The van der Waals surface area contributed by atoms with Crippen molar-refractivity contribution in [2.45, 2.75) is 31.3 Å². The van der Waals surface area contributed by atoms with Crippen LogP contribution in [0.2, 0.25) is 0 Å². The first-order valence-corrected chi connectivity index (χ1v) is 13.7. The summed E-state index contributed by atoms with van der Waals surface area (Å²) in [7, 11) is -3.97. The van der Waals surface area contributed by atoms with Gasteiger partial charge < -0.3 is 0 Å². The van der Waals surface area contributed by atoms with Gasteiger partial charge in [0.2, 0.25) is 0 Å². The van der Waals surface area contributed by atoms with Gasteiger partial charge in [-0.3, -0.25) is 9.78 Å². The molecule has 6 rings (SSSR count). The van der Waals surface area contributed by atoms with E-state index < -0.39 is 15.4 Å². The number of carbonyl (C=O) groups excluding carboxylic acids is 1. The van der Waals surface area contributed by atoms with E-state index >= 15 is 0 Å². The molecule has 0 saturated carbocycles. The Morgan fingerprint density at radius 2 is 1.95 bits per heavy atom. The Bertz CT molecular complexity index is 1660. The fourth-order valence-corrected chi connectivity index (χ4v) is 6.95. The van der Waals surface area contributed by atoms with Crippen LogP contribution in [-0.4, -0.2) is 61.4 Å². The number of hydrogen-bond acceptors (Lipinski definition) is 7. The molecule has 0 radical (unpaired) electrons. The number of nitrogens with zero attached hydrogens (tertiary/aromatic N) is 7. The Balaban J connectivity index is 1.45. The third-order valence-electron chi connectivity index (χ3n) is 7.27. The van der Waals surface area contributed by atoms with Crippen LogP contribution in [0.5, 0.6) is 0 Å². The lowest BCUT2D eigenvalue weighted by atomic mass is 9.65. The molecule has 10 nitrogen and oxygen atoms in total. The predicted molar refractivity (Wildman–Crippen MR) is 135 cm³/mol. The summed E-state index contributed by atoms with van der Waals surface area (Å²) < 4.78 is 45.3. The van der Waals surface area contributed by atoms with Gasteiger partial charge in [0.1, 0.15) is 11.5 Å². The molecule has 0 spiro atoms. The second kappa shape index (κ2) is 9.07. The second-order valence-electron chi connectivity index (χ2n) is 9.39. The van der Waals surface area contributed by atoms with E-state index in [1.165, 1.54) is 27.3 Å². The highest BCUT2D eigenvalue weighted by Crippen LogP contribution is 2.47. The quantitative estimate of drug-likeness (QED) is 0.350. The summed E-state index contributed by atoms with van der Waals surface area (Å²) in [6, 6.07) is 11.1. The summed E-state index contributed by atoms with van der Waals surface area (Å²) in [6.45, 7) is 2.28. The van der Waals surface area contributed by atoms with Crippen molar-refractivity contribution in [1.29, 1.82) is 0 Å². The summed E-state index contributed by atoms with van der Waals surface area (Å²) >= 11 is 0. The number of Topliss-reactive ketones (excluding diaryl/α,β-unsaturated/α-hetero) is 1. The molecule has 1 atom stereocenters. The first kappa shape index (κ1) is 24.3. The number of fused-ring (bicyclic) bond motifs is 2. The number of benzene rings is 1. The molecule has 0 bridgehead atoms. The van der Waals surface area contributed by atoms with Crippen molar-refractivity contribution in [3.05, 3.63) is 89.4 Å². The molecular weight excluding hydrogens is 509 g/mol. The van der Waals surface area contributed by atoms with E-state index in [2.05, 4.69) is 20.4 Å².